The number of nitrogens with one attached hydrogen (secondary N) is 2. The first-order valence-electron chi connectivity index (χ1n) is 8.01. The summed E-state index contributed by atoms with van der Waals surface area (Å²) in [7, 11) is 2.85. The first kappa shape index (κ1) is 19.3. The fourth-order valence-corrected chi connectivity index (χ4v) is 2.76. The van der Waals surface area contributed by atoms with Crippen molar-refractivity contribution in [2.75, 3.05) is 19.5 Å². The number of aromatic amines is 1. The fourth-order valence-electron chi connectivity index (χ4n) is 2.76. The van der Waals surface area contributed by atoms with Crippen LogP contribution in [-0.2, 0) is 6.18 Å². The van der Waals surface area contributed by atoms with E-state index in [1.54, 1.807) is 12.1 Å². The molecule has 0 unspecified atom stereocenters. The summed E-state index contributed by atoms with van der Waals surface area (Å²) in [5.74, 6) is -0.0313. The third-order valence-electron chi connectivity index (χ3n) is 4.12. The van der Waals surface area contributed by atoms with Gasteiger partial charge in [0.15, 0.2) is 0 Å². The second kappa shape index (κ2) is 7.26. The van der Waals surface area contributed by atoms with Gasteiger partial charge in [0.1, 0.15) is 17.1 Å². The molecule has 0 saturated heterocycles. The minimum Gasteiger partial charge on any atom is -0.497 e. The first-order chi connectivity index (χ1) is 13.3. The van der Waals surface area contributed by atoms with Crippen molar-refractivity contribution >= 4 is 22.5 Å². The molecule has 0 atom stereocenters. The second-order valence-electron chi connectivity index (χ2n) is 5.78. The number of carbonyl (C=O) groups is 1. The number of methoxy groups -OCH3 is 2. The number of ether oxygens (including phenoxy) is 2. The van der Waals surface area contributed by atoms with Gasteiger partial charge in [-0.15, -0.1) is 0 Å². The molecule has 146 valence electrons. The zero-order valence-corrected chi connectivity index (χ0v) is 14.8. The van der Waals surface area contributed by atoms with E-state index in [9.17, 15) is 22.8 Å². The summed E-state index contributed by atoms with van der Waals surface area (Å²) in [5.41, 5.74) is -2.27. The Kier molecular flexibility index (Phi) is 5.00. The van der Waals surface area contributed by atoms with Gasteiger partial charge >= 0.3 is 6.18 Å². The van der Waals surface area contributed by atoms with Crippen molar-refractivity contribution in [3.63, 3.8) is 0 Å². The number of benzene rings is 2. The van der Waals surface area contributed by atoms with Gasteiger partial charge in [-0.1, -0.05) is 6.07 Å². The molecule has 0 radical (unpaired) electrons. The number of pyridine rings is 1. The smallest absolute Gasteiger partial charge is 0.418 e. The third-order valence-corrected chi connectivity index (χ3v) is 4.12. The Morgan fingerprint density at radius 1 is 1.11 bits per heavy atom. The van der Waals surface area contributed by atoms with Gasteiger partial charge in [0.25, 0.3) is 5.91 Å². The van der Waals surface area contributed by atoms with E-state index in [0.717, 1.165) is 18.3 Å². The molecule has 0 fully saturated rings. The molecule has 0 aliphatic rings. The summed E-state index contributed by atoms with van der Waals surface area (Å²) < 4.78 is 49.6. The monoisotopic (exact) mass is 392 g/mol. The zero-order chi connectivity index (χ0) is 20.5. The van der Waals surface area contributed by atoms with Crippen LogP contribution < -0.4 is 20.2 Å². The summed E-state index contributed by atoms with van der Waals surface area (Å²) in [6, 6.07) is 7.89. The topological polar surface area (TPSA) is 80.4 Å². The Morgan fingerprint density at radius 2 is 1.86 bits per heavy atom. The number of aromatic nitrogens is 1. The van der Waals surface area contributed by atoms with Crippen molar-refractivity contribution in [3.05, 3.63) is 63.9 Å². The molecule has 2 N–H and O–H groups in total. The molecule has 2 aromatic carbocycles. The normalized spacial score (nSPS) is 11.3. The molecule has 3 rings (SSSR count). The summed E-state index contributed by atoms with van der Waals surface area (Å²) in [6.45, 7) is 0. The highest BCUT2D eigenvalue weighted by Crippen LogP contribution is 2.33. The van der Waals surface area contributed by atoms with Crippen molar-refractivity contribution in [1.29, 1.82) is 0 Å². The van der Waals surface area contributed by atoms with E-state index < -0.39 is 23.1 Å². The Morgan fingerprint density at radius 3 is 2.50 bits per heavy atom. The molecule has 0 saturated carbocycles. The molecule has 0 aliphatic heterocycles. The molecule has 0 spiro atoms. The molecule has 6 nitrogen and oxygen atoms in total. The molecule has 28 heavy (non-hydrogen) atoms. The first-order valence-corrected chi connectivity index (χ1v) is 8.01. The summed E-state index contributed by atoms with van der Waals surface area (Å²) >= 11 is 0. The van der Waals surface area contributed by atoms with Gasteiger partial charge in [-0.25, -0.2) is 0 Å². The van der Waals surface area contributed by atoms with E-state index in [0.29, 0.717) is 11.5 Å². The number of alkyl halides is 3. The van der Waals surface area contributed by atoms with Gasteiger partial charge in [0.05, 0.1) is 31.0 Å². The van der Waals surface area contributed by atoms with Crippen molar-refractivity contribution in [2.45, 2.75) is 6.18 Å². The van der Waals surface area contributed by atoms with Crippen LogP contribution in [0.5, 0.6) is 11.5 Å². The molecule has 1 amide bonds. The van der Waals surface area contributed by atoms with Gasteiger partial charge in [-0.3, -0.25) is 9.59 Å². The molecule has 0 bridgehead atoms. The maximum absolute atomic E-state index is 13.1. The molecule has 1 heterocycles. The average Bonchev–Trinajstić information content (AvgIpc) is 2.67. The van der Waals surface area contributed by atoms with E-state index in [-0.39, 0.29) is 22.2 Å². The van der Waals surface area contributed by atoms with Gasteiger partial charge in [0.2, 0.25) is 5.43 Å². The lowest BCUT2D eigenvalue weighted by Crippen LogP contribution is -2.23. The van der Waals surface area contributed by atoms with Gasteiger partial charge in [0, 0.05) is 17.6 Å². The molecule has 1 aromatic heterocycles. The molecular formula is C19H15F3N2O4. The van der Waals surface area contributed by atoms with Crippen LogP contribution in [-0.4, -0.2) is 25.1 Å². The van der Waals surface area contributed by atoms with E-state index >= 15 is 0 Å². The third kappa shape index (κ3) is 3.51. The van der Waals surface area contributed by atoms with Gasteiger partial charge < -0.3 is 19.8 Å². The number of fused-ring (bicyclic) bond motifs is 1. The number of para-hydroxylation sites is 1. The number of anilines is 1. The molecule has 9 heteroatoms. The summed E-state index contributed by atoms with van der Waals surface area (Å²) in [5, 5.41) is 2.28. The molecule has 3 aromatic rings. The SMILES string of the molecule is COc1ccc(OC)c(NC(=O)c2c[nH]c3c(C(F)(F)F)cccc3c2=O)c1. The average molecular weight is 392 g/mol. The number of H-pyrrole nitrogens is 1. The lowest BCUT2D eigenvalue weighted by molar-refractivity contribution is -0.136. The standard InChI is InChI=1S/C19H15F3N2O4/c1-27-10-6-7-15(28-2)14(8-10)24-18(26)12-9-23-16-11(17(12)25)4-3-5-13(16)19(20,21)22/h3-9H,1-2H3,(H,23,25)(H,24,26). The van der Waals surface area contributed by atoms with Crippen LogP contribution in [0.3, 0.4) is 0 Å². The number of carbonyl (C=O) groups excluding carboxylic acids is 1. The summed E-state index contributed by atoms with van der Waals surface area (Å²) in [4.78, 5) is 27.6. The lowest BCUT2D eigenvalue weighted by atomic mass is 10.1. The molecule has 0 aliphatic carbocycles. The van der Waals surface area contributed by atoms with Gasteiger partial charge in [-0.05, 0) is 24.3 Å². The van der Waals surface area contributed by atoms with Crippen LogP contribution in [0.15, 0.2) is 47.4 Å². The quantitative estimate of drug-likeness (QED) is 0.708. The van der Waals surface area contributed by atoms with Crippen molar-refractivity contribution in [2.24, 2.45) is 0 Å². The van der Waals surface area contributed by atoms with E-state index in [2.05, 4.69) is 10.3 Å². The van der Waals surface area contributed by atoms with Crippen molar-refractivity contribution < 1.29 is 27.4 Å². The Labute approximate surface area is 156 Å². The van der Waals surface area contributed by atoms with Crippen LogP contribution in [0.25, 0.3) is 10.9 Å². The maximum atomic E-state index is 13.1. The predicted octanol–water partition coefficient (Wildman–Crippen LogP) is 3.82. The minimum atomic E-state index is -4.64. The maximum Gasteiger partial charge on any atom is 0.418 e. The van der Waals surface area contributed by atoms with Crippen molar-refractivity contribution in [1.82, 2.24) is 4.98 Å². The number of hydrogen-bond acceptors (Lipinski definition) is 4. The fraction of sp³-hybridized carbons (Fsp3) is 0.158. The predicted molar refractivity (Wildman–Crippen MR) is 97.1 cm³/mol. The largest absolute Gasteiger partial charge is 0.497 e. The highest BCUT2D eigenvalue weighted by Gasteiger charge is 2.33. The highest BCUT2D eigenvalue weighted by atomic mass is 19.4. The summed E-state index contributed by atoms with van der Waals surface area (Å²) in [6.07, 6.45) is -3.68. The van der Waals surface area contributed by atoms with E-state index in [1.165, 1.54) is 26.4 Å². The Bertz CT molecular complexity index is 1110. The second-order valence-corrected chi connectivity index (χ2v) is 5.78. The van der Waals surface area contributed by atoms with Crippen LogP contribution in [0.4, 0.5) is 18.9 Å². The lowest BCUT2D eigenvalue weighted by Gasteiger charge is -2.13. The van der Waals surface area contributed by atoms with Crippen LogP contribution in [0, 0.1) is 0 Å². The number of amides is 1. The van der Waals surface area contributed by atoms with Crippen LogP contribution in [0.2, 0.25) is 0 Å². The zero-order valence-electron chi connectivity index (χ0n) is 14.8. The van der Waals surface area contributed by atoms with Crippen LogP contribution in [0.1, 0.15) is 15.9 Å². The van der Waals surface area contributed by atoms with Crippen LogP contribution >= 0.6 is 0 Å². The van der Waals surface area contributed by atoms with E-state index in [1.807, 2.05) is 0 Å². The Balaban J connectivity index is 2.04. The number of rotatable bonds is 4. The minimum absolute atomic E-state index is 0.236. The Hall–Kier alpha value is -3.49. The van der Waals surface area contributed by atoms with Gasteiger partial charge in [-0.2, -0.15) is 13.2 Å². The van der Waals surface area contributed by atoms with E-state index in [4.69, 9.17) is 9.47 Å². The molecular weight excluding hydrogens is 377 g/mol. The highest BCUT2D eigenvalue weighted by molar-refractivity contribution is 6.06. The number of halogens is 3. The van der Waals surface area contributed by atoms with Crippen molar-refractivity contribution in [3.8, 4) is 11.5 Å². The number of hydrogen-bond donors (Lipinski definition) is 2.